The van der Waals surface area contributed by atoms with E-state index in [1.54, 1.807) is 22.6 Å². The number of carbonyl (C=O) groups is 1. The van der Waals surface area contributed by atoms with Crippen molar-refractivity contribution < 1.29 is 15.0 Å². The van der Waals surface area contributed by atoms with E-state index in [1.807, 2.05) is 0 Å². The Kier molecular flexibility index (Phi) is 3.60. The van der Waals surface area contributed by atoms with Crippen LogP contribution in [0.3, 0.4) is 0 Å². The van der Waals surface area contributed by atoms with E-state index < -0.39 is 9.89 Å². The molecule has 0 bridgehead atoms. The highest BCUT2D eigenvalue weighted by Gasteiger charge is 2.12. The van der Waals surface area contributed by atoms with E-state index in [-0.39, 0.29) is 12.2 Å². The third kappa shape index (κ3) is 4.26. The number of aliphatic hydroxyl groups is 1. The fourth-order valence-corrected chi connectivity index (χ4v) is 0.803. The molecule has 0 aliphatic heterocycles. The Morgan fingerprint density at radius 2 is 2.11 bits per heavy atom. The minimum absolute atomic E-state index is 0.0863. The maximum atomic E-state index is 10.1. The fourth-order valence-electron chi connectivity index (χ4n) is 0.294. The van der Waals surface area contributed by atoms with E-state index in [9.17, 15) is 4.79 Å². The standard InChI is InChI=1S/C5H7IO3/c1-3(7)2-4(6)5(8)9/h4,7H,1-2H2,(H,8,9). The molecule has 0 heterocycles. The van der Waals surface area contributed by atoms with Gasteiger partial charge in [-0.3, -0.25) is 4.79 Å². The number of carboxylic acid groups (broad SMARTS) is 1. The molecule has 0 amide bonds. The molecule has 52 valence electrons. The number of alkyl halides is 1. The van der Waals surface area contributed by atoms with Crippen molar-refractivity contribution in [2.75, 3.05) is 0 Å². The maximum Gasteiger partial charge on any atom is 0.316 e. The van der Waals surface area contributed by atoms with Crippen LogP contribution in [0.4, 0.5) is 0 Å². The van der Waals surface area contributed by atoms with Gasteiger partial charge in [0, 0.05) is 6.42 Å². The van der Waals surface area contributed by atoms with Gasteiger partial charge in [-0.25, -0.2) is 0 Å². The van der Waals surface area contributed by atoms with Gasteiger partial charge in [0.15, 0.2) is 0 Å². The quantitative estimate of drug-likeness (QED) is 0.446. The zero-order valence-electron chi connectivity index (χ0n) is 4.67. The summed E-state index contributed by atoms with van der Waals surface area (Å²) in [5.74, 6) is -1.01. The lowest BCUT2D eigenvalue weighted by molar-refractivity contribution is -0.136. The molecule has 3 nitrogen and oxygen atoms in total. The smallest absolute Gasteiger partial charge is 0.316 e. The Balaban J connectivity index is 3.63. The maximum absolute atomic E-state index is 10.1. The number of aliphatic hydroxyl groups excluding tert-OH is 1. The van der Waals surface area contributed by atoms with E-state index in [4.69, 9.17) is 10.2 Å². The molecule has 0 aliphatic carbocycles. The second-order valence-electron chi connectivity index (χ2n) is 1.58. The summed E-state index contributed by atoms with van der Waals surface area (Å²) in [4.78, 5) is 10.1. The summed E-state index contributed by atoms with van der Waals surface area (Å²) >= 11 is 1.73. The monoisotopic (exact) mass is 242 g/mol. The van der Waals surface area contributed by atoms with Gasteiger partial charge in [-0.1, -0.05) is 29.2 Å². The number of aliphatic carboxylic acids is 1. The van der Waals surface area contributed by atoms with Gasteiger partial charge in [0.25, 0.3) is 0 Å². The molecule has 4 heteroatoms. The minimum Gasteiger partial charge on any atom is -0.513 e. The van der Waals surface area contributed by atoms with Crippen LogP contribution < -0.4 is 0 Å². The average molecular weight is 242 g/mol. The first-order valence-electron chi connectivity index (χ1n) is 2.27. The number of rotatable bonds is 3. The van der Waals surface area contributed by atoms with Crippen molar-refractivity contribution in [2.45, 2.75) is 10.3 Å². The van der Waals surface area contributed by atoms with Crippen LogP contribution in [0.25, 0.3) is 0 Å². The molecule has 0 aliphatic rings. The van der Waals surface area contributed by atoms with Crippen molar-refractivity contribution in [3.8, 4) is 0 Å². The first kappa shape index (κ1) is 8.74. The SMILES string of the molecule is C=C(O)CC(I)C(=O)O. The summed E-state index contributed by atoms with van der Waals surface area (Å²) in [7, 11) is 0. The summed E-state index contributed by atoms with van der Waals surface area (Å²) in [6.07, 6.45) is 0.121. The third-order valence-electron chi connectivity index (χ3n) is 0.683. The molecule has 0 radical (unpaired) electrons. The highest BCUT2D eigenvalue weighted by Crippen LogP contribution is 2.09. The first-order valence-corrected chi connectivity index (χ1v) is 3.52. The normalized spacial score (nSPS) is 12.6. The molecule has 0 rings (SSSR count). The van der Waals surface area contributed by atoms with E-state index in [2.05, 4.69) is 6.58 Å². The average Bonchev–Trinajstić information content (AvgIpc) is 1.63. The lowest BCUT2D eigenvalue weighted by atomic mass is 10.3. The van der Waals surface area contributed by atoms with Crippen LogP contribution in [0.5, 0.6) is 0 Å². The van der Waals surface area contributed by atoms with E-state index in [0.717, 1.165) is 0 Å². The summed E-state index contributed by atoms with van der Waals surface area (Å²) in [5.41, 5.74) is 0. The molecular weight excluding hydrogens is 235 g/mol. The van der Waals surface area contributed by atoms with Crippen LogP contribution >= 0.6 is 22.6 Å². The number of carboxylic acids is 1. The summed E-state index contributed by atoms with van der Waals surface area (Å²) in [6.45, 7) is 3.16. The van der Waals surface area contributed by atoms with Crippen LogP contribution in [0.2, 0.25) is 0 Å². The molecule has 0 saturated carbocycles. The predicted molar refractivity (Wildman–Crippen MR) is 41.8 cm³/mol. The number of halogens is 1. The Morgan fingerprint density at radius 1 is 1.67 bits per heavy atom. The molecule has 0 saturated heterocycles. The molecule has 0 aromatic carbocycles. The zero-order chi connectivity index (χ0) is 7.44. The topological polar surface area (TPSA) is 57.5 Å². The minimum atomic E-state index is -0.925. The summed E-state index contributed by atoms with van der Waals surface area (Å²) in [5, 5.41) is 16.8. The van der Waals surface area contributed by atoms with Gasteiger partial charge < -0.3 is 10.2 Å². The first-order chi connectivity index (χ1) is 4.04. The van der Waals surface area contributed by atoms with Crippen molar-refractivity contribution in [2.24, 2.45) is 0 Å². The van der Waals surface area contributed by atoms with E-state index in [1.165, 1.54) is 0 Å². The van der Waals surface area contributed by atoms with Gasteiger partial charge in [-0.05, 0) is 0 Å². The second kappa shape index (κ2) is 3.71. The Hall–Kier alpha value is -0.260. The largest absolute Gasteiger partial charge is 0.513 e. The van der Waals surface area contributed by atoms with Crippen LogP contribution in [0.1, 0.15) is 6.42 Å². The Labute approximate surface area is 66.5 Å². The molecule has 0 fully saturated rings. The molecular formula is C5H7IO3. The molecule has 0 aromatic rings. The van der Waals surface area contributed by atoms with Gasteiger partial charge in [-0.15, -0.1) is 0 Å². The predicted octanol–water partition coefficient (Wildman–Crippen LogP) is 1.34. The van der Waals surface area contributed by atoms with E-state index in [0.29, 0.717) is 0 Å². The van der Waals surface area contributed by atoms with Gasteiger partial charge in [-0.2, -0.15) is 0 Å². The van der Waals surface area contributed by atoms with Crippen molar-refractivity contribution in [1.82, 2.24) is 0 Å². The highest BCUT2D eigenvalue weighted by atomic mass is 127. The Bertz CT molecular complexity index is 132. The zero-order valence-corrected chi connectivity index (χ0v) is 6.83. The second-order valence-corrected chi connectivity index (χ2v) is 3.08. The molecule has 2 N–H and O–H groups in total. The van der Waals surface area contributed by atoms with Gasteiger partial charge in [0.2, 0.25) is 0 Å². The van der Waals surface area contributed by atoms with Crippen LogP contribution in [0, 0.1) is 0 Å². The summed E-state index contributed by atoms with van der Waals surface area (Å²) in [6, 6.07) is 0. The van der Waals surface area contributed by atoms with Crippen LogP contribution in [-0.4, -0.2) is 20.1 Å². The third-order valence-corrected chi connectivity index (χ3v) is 1.66. The van der Waals surface area contributed by atoms with Crippen molar-refractivity contribution >= 4 is 28.6 Å². The van der Waals surface area contributed by atoms with Gasteiger partial charge >= 0.3 is 5.97 Å². The molecule has 0 aromatic heterocycles. The highest BCUT2D eigenvalue weighted by molar-refractivity contribution is 14.1. The lowest BCUT2D eigenvalue weighted by Gasteiger charge is -2.00. The molecule has 1 atom stereocenters. The van der Waals surface area contributed by atoms with Gasteiger partial charge in [0.1, 0.15) is 3.92 Å². The van der Waals surface area contributed by atoms with Crippen molar-refractivity contribution in [3.05, 3.63) is 12.3 Å². The van der Waals surface area contributed by atoms with Crippen LogP contribution in [0.15, 0.2) is 12.3 Å². The van der Waals surface area contributed by atoms with Crippen molar-refractivity contribution in [1.29, 1.82) is 0 Å². The molecule has 9 heavy (non-hydrogen) atoms. The van der Waals surface area contributed by atoms with Crippen LogP contribution in [-0.2, 0) is 4.79 Å². The lowest BCUT2D eigenvalue weighted by Crippen LogP contribution is -2.12. The fraction of sp³-hybridized carbons (Fsp3) is 0.400. The number of hydrogen-bond acceptors (Lipinski definition) is 2. The van der Waals surface area contributed by atoms with Crippen molar-refractivity contribution in [3.63, 3.8) is 0 Å². The summed E-state index contributed by atoms with van der Waals surface area (Å²) < 4.78 is -0.569. The van der Waals surface area contributed by atoms with Gasteiger partial charge in [0.05, 0.1) is 5.76 Å². The number of hydrogen-bond donors (Lipinski definition) is 2. The molecule has 1 unspecified atom stereocenters. The Morgan fingerprint density at radius 3 is 2.22 bits per heavy atom. The number of allylic oxidation sites excluding steroid dienone is 1. The van der Waals surface area contributed by atoms with E-state index >= 15 is 0 Å². The molecule has 0 spiro atoms.